The Bertz CT molecular complexity index is 999. The van der Waals surface area contributed by atoms with Gasteiger partial charge in [0, 0.05) is 10.7 Å². The van der Waals surface area contributed by atoms with Gasteiger partial charge in [0.15, 0.2) is 0 Å². The van der Waals surface area contributed by atoms with Gasteiger partial charge in [-0.2, -0.15) is 0 Å². The highest BCUT2D eigenvalue weighted by atomic mass is 35.5. The summed E-state index contributed by atoms with van der Waals surface area (Å²) in [7, 11) is 0. The minimum Gasteiger partial charge on any atom is -0.303 e. The van der Waals surface area contributed by atoms with E-state index in [1.54, 1.807) is 0 Å². The molecule has 2 heterocycles. The van der Waals surface area contributed by atoms with Crippen molar-refractivity contribution in [1.29, 1.82) is 0 Å². The molecule has 3 aromatic rings. The molecule has 1 atom stereocenters. The van der Waals surface area contributed by atoms with Crippen LogP contribution in [0.3, 0.4) is 0 Å². The monoisotopic (exact) mass is 396 g/mol. The Morgan fingerprint density at radius 2 is 1.68 bits per heavy atom. The van der Waals surface area contributed by atoms with Crippen molar-refractivity contribution in [1.82, 2.24) is 9.38 Å². The van der Waals surface area contributed by atoms with E-state index in [1.165, 1.54) is 54.6 Å². The van der Waals surface area contributed by atoms with Gasteiger partial charge in [0.25, 0.3) is 0 Å². The van der Waals surface area contributed by atoms with Crippen LogP contribution in [0.15, 0.2) is 42.9 Å². The normalized spacial score (nSPS) is 23.8. The van der Waals surface area contributed by atoms with Gasteiger partial charge in [-0.05, 0) is 91.5 Å². The van der Waals surface area contributed by atoms with Gasteiger partial charge >= 0.3 is 0 Å². The van der Waals surface area contributed by atoms with Crippen LogP contribution in [0.1, 0.15) is 80.0 Å². The zero-order valence-corrected chi connectivity index (χ0v) is 17.0. The van der Waals surface area contributed by atoms with Crippen molar-refractivity contribution < 1.29 is 4.39 Å². The Labute approximate surface area is 170 Å². The molecule has 0 N–H and O–H groups in total. The smallest absolute Gasteiger partial charge is 0.124 e. The summed E-state index contributed by atoms with van der Waals surface area (Å²) in [5, 5.41) is 0.579. The number of nitrogens with zero attached hydrogens (tertiary/aromatic N) is 2. The topological polar surface area (TPSA) is 17.3 Å². The molecule has 1 aromatic carbocycles. The van der Waals surface area contributed by atoms with Crippen LogP contribution in [0.4, 0.5) is 4.39 Å². The average Bonchev–Trinajstić information content (AvgIpc) is 3.43. The zero-order chi connectivity index (χ0) is 19.3. The Morgan fingerprint density at radius 3 is 2.39 bits per heavy atom. The van der Waals surface area contributed by atoms with Gasteiger partial charge in [0.2, 0.25) is 0 Å². The van der Waals surface area contributed by atoms with E-state index in [9.17, 15) is 4.39 Å². The lowest BCUT2D eigenvalue weighted by atomic mass is 9.72. The van der Waals surface area contributed by atoms with E-state index in [-0.39, 0.29) is 5.82 Å². The maximum absolute atomic E-state index is 13.4. The molecule has 2 aliphatic carbocycles. The molecule has 0 saturated heterocycles. The summed E-state index contributed by atoms with van der Waals surface area (Å²) in [6.07, 6.45) is 11.2. The zero-order valence-electron chi connectivity index (χ0n) is 16.2. The van der Waals surface area contributed by atoms with E-state index in [0.717, 1.165) is 24.3 Å². The van der Waals surface area contributed by atoms with Crippen molar-refractivity contribution >= 4 is 17.1 Å². The second-order valence-electron chi connectivity index (χ2n) is 8.70. The van der Waals surface area contributed by atoms with Gasteiger partial charge in [0.05, 0.1) is 18.0 Å². The van der Waals surface area contributed by atoms with Gasteiger partial charge in [-0.3, -0.25) is 0 Å². The lowest BCUT2D eigenvalue weighted by molar-refractivity contribution is 0.286. The first-order valence-corrected chi connectivity index (χ1v) is 10.9. The molecule has 0 spiro atoms. The van der Waals surface area contributed by atoms with Crippen LogP contribution in [0.5, 0.6) is 0 Å². The highest BCUT2D eigenvalue weighted by Crippen LogP contribution is 2.48. The first-order chi connectivity index (χ1) is 13.6. The van der Waals surface area contributed by atoms with Crippen molar-refractivity contribution in [2.75, 3.05) is 0 Å². The molecule has 1 unspecified atom stereocenters. The molecule has 0 radical (unpaired) electrons. The van der Waals surface area contributed by atoms with Crippen LogP contribution in [0.2, 0.25) is 5.02 Å². The summed E-state index contributed by atoms with van der Waals surface area (Å²) in [6.45, 7) is 2.40. The molecule has 2 nitrogen and oxygen atoms in total. The Kier molecular flexibility index (Phi) is 4.66. The molecule has 5 rings (SSSR count). The van der Waals surface area contributed by atoms with Crippen molar-refractivity contribution in [3.8, 4) is 0 Å². The fraction of sp³-hybridized carbons (Fsp3) is 0.458. The number of rotatable bonds is 4. The first kappa shape index (κ1) is 18.2. The molecule has 4 heteroatoms. The summed E-state index contributed by atoms with van der Waals surface area (Å²) in [5.74, 6) is 2.11. The van der Waals surface area contributed by atoms with Gasteiger partial charge < -0.3 is 4.40 Å². The van der Waals surface area contributed by atoms with Gasteiger partial charge in [-0.1, -0.05) is 30.7 Å². The summed E-state index contributed by atoms with van der Waals surface area (Å²) in [4.78, 5) is 4.40. The van der Waals surface area contributed by atoms with Crippen LogP contribution >= 0.6 is 11.6 Å². The van der Waals surface area contributed by atoms with E-state index in [2.05, 4.69) is 28.4 Å². The van der Waals surface area contributed by atoms with Crippen LogP contribution in [-0.2, 0) is 0 Å². The van der Waals surface area contributed by atoms with E-state index in [1.807, 2.05) is 18.6 Å². The minimum atomic E-state index is -0.253. The minimum absolute atomic E-state index is 0.253. The van der Waals surface area contributed by atoms with Gasteiger partial charge in [-0.25, -0.2) is 9.37 Å². The number of benzene rings is 1. The molecular formula is C24H26ClFN2. The number of hydrogen-bond acceptors (Lipinski definition) is 1. The molecule has 2 fully saturated rings. The number of aromatic nitrogens is 2. The van der Waals surface area contributed by atoms with E-state index in [4.69, 9.17) is 11.6 Å². The van der Waals surface area contributed by atoms with Crippen LogP contribution in [-0.4, -0.2) is 9.38 Å². The van der Waals surface area contributed by atoms with Crippen molar-refractivity contribution in [2.45, 2.75) is 63.2 Å². The Hall–Kier alpha value is -1.87. The van der Waals surface area contributed by atoms with Crippen molar-refractivity contribution in [3.05, 3.63) is 70.5 Å². The second kappa shape index (κ2) is 7.18. The third-order valence-electron chi connectivity index (χ3n) is 6.99. The molecule has 2 aliphatic rings. The molecule has 28 heavy (non-hydrogen) atoms. The number of fused-ring (bicyclic) bond motifs is 1. The quantitative estimate of drug-likeness (QED) is 0.460. The number of halogens is 2. The van der Waals surface area contributed by atoms with Gasteiger partial charge in [0.1, 0.15) is 5.82 Å². The molecule has 0 bridgehead atoms. The molecule has 2 aromatic heterocycles. The maximum atomic E-state index is 13.4. The summed E-state index contributed by atoms with van der Waals surface area (Å²) >= 11 is 6.32. The third-order valence-corrected chi connectivity index (χ3v) is 7.31. The number of hydrogen-bond donors (Lipinski definition) is 0. The van der Waals surface area contributed by atoms with Crippen LogP contribution in [0.25, 0.3) is 5.52 Å². The standard InChI is InChI=1S/C24H26ClFN2/c1-15(24-22(18-6-7-18)11-9-20-13-27-14-28(20)24)16-2-4-17(5-3-16)21-10-8-19(26)12-23(21)25/h8-18H,2-7H2,1H3. The maximum Gasteiger partial charge on any atom is 0.124 e. The summed E-state index contributed by atoms with van der Waals surface area (Å²) in [5.41, 5.74) is 5.31. The largest absolute Gasteiger partial charge is 0.303 e. The fourth-order valence-electron chi connectivity index (χ4n) is 5.24. The highest BCUT2D eigenvalue weighted by Gasteiger charge is 2.33. The molecule has 0 aliphatic heterocycles. The Balaban J connectivity index is 1.38. The first-order valence-electron chi connectivity index (χ1n) is 10.5. The van der Waals surface area contributed by atoms with E-state index < -0.39 is 0 Å². The van der Waals surface area contributed by atoms with E-state index >= 15 is 0 Å². The SMILES string of the molecule is CC(c1c(C2CC2)ccc2cncn12)C1CCC(c2ccc(F)cc2Cl)CC1. The fourth-order valence-corrected chi connectivity index (χ4v) is 5.56. The highest BCUT2D eigenvalue weighted by molar-refractivity contribution is 6.31. The molecule has 2 saturated carbocycles. The Morgan fingerprint density at radius 1 is 1.00 bits per heavy atom. The molecular weight excluding hydrogens is 371 g/mol. The van der Waals surface area contributed by atoms with Gasteiger partial charge in [-0.15, -0.1) is 0 Å². The van der Waals surface area contributed by atoms with Crippen LogP contribution in [0, 0.1) is 11.7 Å². The van der Waals surface area contributed by atoms with Crippen molar-refractivity contribution in [2.24, 2.45) is 5.92 Å². The second-order valence-corrected chi connectivity index (χ2v) is 9.11. The summed E-state index contributed by atoms with van der Waals surface area (Å²) in [6, 6.07) is 9.42. The van der Waals surface area contributed by atoms with Crippen LogP contribution < -0.4 is 0 Å². The molecule has 146 valence electrons. The average molecular weight is 397 g/mol. The van der Waals surface area contributed by atoms with E-state index in [0.29, 0.717) is 22.8 Å². The lowest BCUT2D eigenvalue weighted by Gasteiger charge is -2.34. The van der Waals surface area contributed by atoms with Crippen molar-refractivity contribution in [3.63, 3.8) is 0 Å². The number of pyridine rings is 1. The predicted octanol–water partition coefficient (Wildman–Crippen LogP) is 7.08. The predicted molar refractivity (Wildman–Crippen MR) is 112 cm³/mol. The summed E-state index contributed by atoms with van der Waals surface area (Å²) < 4.78 is 15.7. The molecule has 0 amide bonds. The number of imidazole rings is 1. The third kappa shape index (κ3) is 3.24. The lowest BCUT2D eigenvalue weighted by Crippen LogP contribution is -2.21.